The Hall–Kier alpha value is -2.98. The molecule has 2 aromatic heterocycles. The molecule has 10 heteroatoms. The molecule has 0 spiro atoms. The Morgan fingerprint density at radius 3 is 2.52 bits per heavy atom. The van der Waals surface area contributed by atoms with Crippen molar-refractivity contribution in [2.24, 2.45) is 0 Å². The van der Waals surface area contributed by atoms with Gasteiger partial charge in [0.1, 0.15) is 16.3 Å². The maximum absolute atomic E-state index is 12.9. The molecule has 9 nitrogen and oxygen atoms in total. The first-order chi connectivity index (χ1) is 13.7. The second-order valence-electron chi connectivity index (χ2n) is 6.48. The number of ether oxygens (including phenoxy) is 1. The fraction of sp³-hybridized carbons (Fsp3) is 0.316. The lowest BCUT2D eigenvalue weighted by molar-refractivity contribution is 0.0519. The zero-order valence-electron chi connectivity index (χ0n) is 16.7. The molecule has 0 aliphatic rings. The summed E-state index contributed by atoms with van der Waals surface area (Å²) < 4.78 is 33.3. The van der Waals surface area contributed by atoms with Crippen molar-refractivity contribution >= 4 is 16.0 Å². The fourth-order valence-corrected chi connectivity index (χ4v) is 4.46. The van der Waals surface area contributed by atoms with Crippen molar-refractivity contribution in [3.8, 4) is 5.69 Å². The third-order valence-corrected chi connectivity index (χ3v) is 6.09. The molecule has 154 valence electrons. The lowest BCUT2D eigenvalue weighted by Gasteiger charge is -2.07. The highest BCUT2D eigenvalue weighted by molar-refractivity contribution is 7.89. The van der Waals surface area contributed by atoms with Gasteiger partial charge in [0.05, 0.1) is 24.5 Å². The first-order valence-corrected chi connectivity index (χ1v) is 10.6. The second kappa shape index (κ2) is 8.18. The molecule has 29 heavy (non-hydrogen) atoms. The molecule has 0 amide bonds. The third kappa shape index (κ3) is 4.22. The number of esters is 1. The van der Waals surface area contributed by atoms with E-state index < -0.39 is 16.0 Å². The van der Waals surface area contributed by atoms with Gasteiger partial charge >= 0.3 is 5.97 Å². The molecule has 0 aliphatic heterocycles. The Balaban J connectivity index is 1.83. The summed E-state index contributed by atoms with van der Waals surface area (Å²) in [4.78, 5) is 16.3. The van der Waals surface area contributed by atoms with Crippen molar-refractivity contribution in [3.63, 3.8) is 0 Å². The molecule has 2 N–H and O–H groups in total. The van der Waals surface area contributed by atoms with Gasteiger partial charge in [-0.15, -0.1) is 0 Å². The lowest BCUT2D eigenvalue weighted by atomic mass is 10.2. The predicted molar refractivity (Wildman–Crippen MR) is 106 cm³/mol. The second-order valence-corrected chi connectivity index (χ2v) is 8.19. The first-order valence-electron chi connectivity index (χ1n) is 9.08. The van der Waals surface area contributed by atoms with Gasteiger partial charge in [0.2, 0.25) is 10.0 Å². The van der Waals surface area contributed by atoms with E-state index in [1.54, 1.807) is 27.7 Å². The molecular weight excluding hydrogens is 394 g/mol. The molecule has 0 saturated carbocycles. The Morgan fingerprint density at radius 1 is 1.17 bits per heavy atom. The summed E-state index contributed by atoms with van der Waals surface area (Å²) in [7, 11) is -3.89. The van der Waals surface area contributed by atoms with Crippen LogP contribution in [0.4, 0.5) is 0 Å². The monoisotopic (exact) mass is 417 g/mol. The molecular formula is C19H23N5O4S. The molecule has 1 aromatic carbocycles. The number of nitrogens with one attached hydrogen (secondary N) is 2. The quantitative estimate of drug-likeness (QED) is 0.569. The standard InChI is InChI=1S/C19H23N5O4S/c1-5-28-19(25)17-12(2)18(14(4)21-17)29(26,27)20-11-16-13(3)22-24(23-16)15-9-7-6-8-10-15/h6-10,20-21H,5,11H2,1-4H3. The molecule has 0 unspecified atom stereocenters. The van der Waals surface area contributed by atoms with Crippen LogP contribution in [0.3, 0.4) is 0 Å². The number of para-hydroxylation sites is 1. The number of carbonyl (C=O) groups excluding carboxylic acids is 1. The predicted octanol–water partition coefficient (Wildman–Crippen LogP) is 2.18. The van der Waals surface area contributed by atoms with Crippen LogP contribution in [0.15, 0.2) is 35.2 Å². The zero-order chi connectivity index (χ0) is 21.2. The van der Waals surface area contributed by atoms with Crippen LogP contribution in [-0.4, -0.2) is 41.0 Å². The van der Waals surface area contributed by atoms with Crippen LogP contribution in [0.25, 0.3) is 5.69 Å². The Kier molecular flexibility index (Phi) is 5.85. The summed E-state index contributed by atoms with van der Waals surface area (Å²) in [6, 6.07) is 9.35. The highest BCUT2D eigenvalue weighted by atomic mass is 32.2. The van der Waals surface area contributed by atoms with E-state index in [4.69, 9.17) is 4.74 Å². The van der Waals surface area contributed by atoms with Gasteiger partial charge in [-0.1, -0.05) is 18.2 Å². The fourth-order valence-electron chi connectivity index (χ4n) is 3.03. The van der Waals surface area contributed by atoms with Gasteiger partial charge in [-0.25, -0.2) is 17.9 Å². The zero-order valence-corrected chi connectivity index (χ0v) is 17.5. The smallest absolute Gasteiger partial charge is 0.355 e. The van der Waals surface area contributed by atoms with Crippen LogP contribution >= 0.6 is 0 Å². The van der Waals surface area contributed by atoms with Crippen LogP contribution in [-0.2, 0) is 21.3 Å². The van der Waals surface area contributed by atoms with Gasteiger partial charge in [0, 0.05) is 11.3 Å². The van der Waals surface area contributed by atoms with Crippen LogP contribution in [0.5, 0.6) is 0 Å². The average molecular weight is 417 g/mol. The van der Waals surface area contributed by atoms with E-state index in [9.17, 15) is 13.2 Å². The molecule has 0 saturated heterocycles. The molecule has 0 bridgehead atoms. The van der Waals surface area contributed by atoms with E-state index >= 15 is 0 Å². The van der Waals surface area contributed by atoms with Crippen LogP contribution in [0.2, 0.25) is 0 Å². The molecule has 2 heterocycles. The number of sulfonamides is 1. The molecule has 3 rings (SSSR count). The van der Waals surface area contributed by atoms with Gasteiger partial charge < -0.3 is 9.72 Å². The maximum Gasteiger partial charge on any atom is 0.355 e. The van der Waals surface area contributed by atoms with Gasteiger partial charge in [0.25, 0.3) is 0 Å². The normalized spacial score (nSPS) is 11.6. The highest BCUT2D eigenvalue weighted by Crippen LogP contribution is 2.24. The van der Waals surface area contributed by atoms with Crippen LogP contribution in [0, 0.1) is 20.8 Å². The largest absolute Gasteiger partial charge is 0.461 e. The van der Waals surface area contributed by atoms with Gasteiger partial charge in [0.15, 0.2) is 0 Å². The molecule has 0 fully saturated rings. The van der Waals surface area contributed by atoms with E-state index in [1.807, 2.05) is 30.3 Å². The lowest BCUT2D eigenvalue weighted by Crippen LogP contribution is -2.25. The molecule has 0 radical (unpaired) electrons. The minimum Gasteiger partial charge on any atom is -0.461 e. The Bertz CT molecular complexity index is 1130. The van der Waals surface area contributed by atoms with Gasteiger partial charge in [-0.3, -0.25) is 0 Å². The summed E-state index contributed by atoms with van der Waals surface area (Å²) in [6.07, 6.45) is 0. The number of rotatable bonds is 7. The van der Waals surface area contributed by atoms with Crippen molar-refractivity contribution in [1.82, 2.24) is 24.7 Å². The number of H-pyrrole nitrogens is 1. The minimum absolute atomic E-state index is 0.0280. The van der Waals surface area contributed by atoms with E-state index in [0.717, 1.165) is 5.69 Å². The van der Waals surface area contributed by atoms with E-state index in [0.29, 0.717) is 22.6 Å². The van der Waals surface area contributed by atoms with Crippen molar-refractivity contribution in [1.29, 1.82) is 0 Å². The Morgan fingerprint density at radius 2 is 1.86 bits per heavy atom. The van der Waals surface area contributed by atoms with Crippen molar-refractivity contribution < 1.29 is 17.9 Å². The summed E-state index contributed by atoms with van der Waals surface area (Å²) in [5.74, 6) is -0.587. The van der Waals surface area contributed by atoms with Crippen molar-refractivity contribution in [2.45, 2.75) is 39.1 Å². The SMILES string of the molecule is CCOC(=O)c1[nH]c(C)c(S(=O)(=O)NCc2nn(-c3ccccc3)nc2C)c1C. The summed E-state index contributed by atoms with van der Waals surface area (Å²) >= 11 is 0. The number of hydrogen-bond donors (Lipinski definition) is 2. The van der Waals surface area contributed by atoms with E-state index in [2.05, 4.69) is 19.9 Å². The maximum atomic E-state index is 12.9. The van der Waals surface area contributed by atoms with Crippen molar-refractivity contribution in [3.05, 3.63) is 58.7 Å². The summed E-state index contributed by atoms with van der Waals surface area (Å²) in [6.45, 7) is 6.80. The number of nitrogens with zero attached hydrogens (tertiary/aromatic N) is 3. The van der Waals surface area contributed by atoms with Gasteiger partial charge in [-0.05, 0) is 39.8 Å². The average Bonchev–Trinajstić information content (AvgIpc) is 3.20. The highest BCUT2D eigenvalue weighted by Gasteiger charge is 2.27. The van der Waals surface area contributed by atoms with E-state index in [1.165, 1.54) is 4.80 Å². The summed E-state index contributed by atoms with van der Waals surface area (Å²) in [5.41, 5.74) is 2.72. The molecule has 0 atom stereocenters. The number of aromatic nitrogens is 4. The number of aryl methyl sites for hydroxylation is 2. The number of carbonyl (C=O) groups is 1. The minimum atomic E-state index is -3.89. The topological polar surface area (TPSA) is 119 Å². The van der Waals surface area contributed by atoms with Crippen LogP contribution in [0.1, 0.15) is 40.1 Å². The Labute approximate surface area is 169 Å². The van der Waals surface area contributed by atoms with Gasteiger partial charge in [-0.2, -0.15) is 15.0 Å². The van der Waals surface area contributed by atoms with Crippen molar-refractivity contribution in [2.75, 3.05) is 6.61 Å². The van der Waals surface area contributed by atoms with E-state index in [-0.39, 0.29) is 23.7 Å². The first kappa shape index (κ1) is 20.7. The molecule has 0 aliphatic carbocycles. The number of aromatic amines is 1. The summed E-state index contributed by atoms with van der Waals surface area (Å²) in [5, 5.41) is 8.72. The number of benzene rings is 1. The number of hydrogen-bond acceptors (Lipinski definition) is 6. The third-order valence-electron chi connectivity index (χ3n) is 4.41. The molecule has 3 aromatic rings. The van der Waals surface area contributed by atoms with Crippen LogP contribution < -0.4 is 4.72 Å².